The van der Waals surface area contributed by atoms with Crippen LogP contribution in [0.4, 0.5) is 5.82 Å². The maximum Gasteiger partial charge on any atom is 0.339 e. The third-order valence-electron chi connectivity index (χ3n) is 3.74. The van der Waals surface area contributed by atoms with Crippen molar-refractivity contribution in [2.75, 3.05) is 11.9 Å². The predicted octanol–water partition coefficient (Wildman–Crippen LogP) is 2.90. The van der Waals surface area contributed by atoms with Gasteiger partial charge in [0.25, 0.3) is 0 Å². The van der Waals surface area contributed by atoms with Gasteiger partial charge in [-0.1, -0.05) is 19.8 Å². The Kier molecular flexibility index (Phi) is 4.65. The maximum absolute atomic E-state index is 11.2. The standard InChI is InChI=1S/C14H19BrN2O3/c1-9-3-2-4-14(20,6-9)8-17-12-11(13(18)19)5-10(15)7-16-12/h5,7,9,20H,2-4,6,8H2,1H3,(H,16,17)(H,18,19). The van der Waals surface area contributed by atoms with E-state index in [9.17, 15) is 9.90 Å². The van der Waals surface area contributed by atoms with Gasteiger partial charge < -0.3 is 15.5 Å². The number of carboxylic acid groups (broad SMARTS) is 1. The minimum Gasteiger partial charge on any atom is -0.478 e. The first-order chi connectivity index (χ1) is 9.39. The molecule has 0 amide bonds. The Bertz CT molecular complexity index is 509. The van der Waals surface area contributed by atoms with Crippen molar-refractivity contribution < 1.29 is 15.0 Å². The summed E-state index contributed by atoms with van der Waals surface area (Å²) in [7, 11) is 0. The van der Waals surface area contributed by atoms with Gasteiger partial charge in [0.15, 0.2) is 0 Å². The number of nitrogens with zero attached hydrogens (tertiary/aromatic N) is 1. The Balaban J connectivity index is 2.09. The van der Waals surface area contributed by atoms with E-state index in [-0.39, 0.29) is 5.56 Å². The van der Waals surface area contributed by atoms with Gasteiger partial charge >= 0.3 is 5.97 Å². The van der Waals surface area contributed by atoms with Crippen molar-refractivity contribution in [3.05, 3.63) is 22.3 Å². The number of aromatic carboxylic acids is 1. The van der Waals surface area contributed by atoms with Gasteiger partial charge in [0.1, 0.15) is 11.4 Å². The molecule has 0 radical (unpaired) electrons. The number of halogens is 1. The number of carboxylic acids is 1. The fraction of sp³-hybridized carbons (Fsp3) is 0.571. The second-order valence-electron chi connectivity index (χ2n) is 5.63. The molecule has 2 rings (SSSR count). The van der Waals surface area contributed by atoms with Crippen LogP contribution in [0.3, 0.4) is 0 Å². The Hall–Kier alpha value is -1.14. The molecule has 2 atom stereocenters. The lowest BCUT2D eigenvalue weighted by Gasteiger charge is -2.35. The third kappa shape index (κ3) is 3.70. The third-order valence-corrected chi connectivity index (χ3v) is 4.17. The normalized spacial score (nSPS) is 26.2. The number of pyridine rings is 1. The number of hydrogen-bond donors (Lipinski definition) is 3. The predicted molar refractivity (Wildman–Crippen MR) is 80.0 cm³/mol. The lowest BCUT2D eigenvalue weighted by Crippen LogP contribution is -2.41. The highest BCUT2D eigenvalue weighted by atomic mass is 79.9. The van der Waals surface area contributed by atoms with Crippen molar-refractivity contribution >= 4 is 27.7 Å². The van der Waals surface area contributed by atoms with E-state index < -0.39 is 11.6 Å². The summed E-state index contributed by atoms with van der Waals surface area (Å²) in [5.74, 6) is -0.245. The molecule has 110 valence electrons. The minimum atomic E-state index is -1.04. The molecule has 6 heteroatoms. The molecule has 1 aromatic heterocycles. The van der Waals surface area contributed by atoms with E-state index in [0.29, 0.717) is 22.8 Å². The molecule has 1 saturated carbocycles. The van der Waals surface area contributed by atoms with Gasteiger partial charge in [-0.2, -0.15) is 0 Å². The van der Waals surface area contributed by atoms with Crippen LogP contribution in [0.25, 0.3) is 0 Å². The monoisotopic (exact) mass is 342 g/mol. The molecule has 0 aliphatic heterocycles. The highest BCUT2D eigenvalue weighted by molar-refractivity contribution is 9.10. The number of rotatable bonds is 4. The fourth-order valence-electron chi connectivity index (χ4n) is 2.78. The van der Waals surface area contributed by atoms with E-state index in [0.717, 1.165) is 25.7 Å². The summed E-state index contributed by atoms with van der Waals surface area (Å²) in [6.07, 6.45) is 5.16. The summed E-state index contributed by atoms with van der Waals surface area (Å²) in [6.45, 7) is 2.46. The minimum absolute atomic E-state index is 0.104. The van der Waals surface area contributed by atoms with Gasteiger partial charge in [-0.05, 0) is 40.8 Å². The van der Waals surface area contributed by atoms with Crippen molar-refractivity contribution in [2.45, 2.75) is 38.2 Å². The van der Waals surface area contributed by atoms with Gasteiger partial charge in [0, 0.05) is 17.2 Å². The molecule has 5 nitrogen and oxygen atoms in total. The van der Waals surface area contributed by atoms with Gasteiger partial charge in [-0.3, -0.25) is 0 Å². The quantitative estimate of drug-likeness (QED) is 0.783. The van der Waals surface area contributed by atoms with Crippen LogP contribution in [-0.4, -0.2) is 33.3 Å². The van der Waals surface area contributed by atoms with Crippen molar-refractivity contribution in [3.8, 4) is 0 Å². The van der Waals surface area contributed by atoms with Crippen LogP contribution in [0.2, 0.25) is 0 Å². The Morgan fingerprint density at radius 1 is 1.65 bits per heavy atom. The van der Waals surface area contributed by atoms with Crippen LogP contribution < -0.4 is 5.32 Å². The summed E-state index contributed by atoms with van der Waals surface area (Å²) >= 11 is 3.21. The number of aliphatic hydroxyl groups is 1. The van der Waals surface area contributed by atoms with E-state index >= 15 is 0 Å². The number of anilines is 1. The Labute approximate surface area is 126 Å². The Morgan fingerprint density at radius 3 is 3.05 bits per heavy atom. The van der Waals surface area contributed by atoms with Gasteiger partial charge in [-0.15, -0.1) is 0 Å². The Morgan fingerprint density at radius 2 is 2.40 bits per heavy atom. The highest BCUT2D eigenvalue weighted by Gasteiger charge is 2.32. The van der Waals surface area contributed by atoms with E-state index in [1.807, 2.05) is 0 Å². The second-order valence-corrected chi connectivity index (χ2v) is 6.55. The molecule has 1 fully saturated rings. The number of hydrogen-bond acceptors (Lipinski definition) is 4. The molecule has 1 heterocycles. The first kappa shape index (κ1) is 15.3. The van der Waals surface area contributed by atoms with Crippen LogP contribution in [0.15, 0.2) is 16.7 Å². The molecule has 20 heavy (non-hydrogen) atoms. The molecular formula is C14H19BrN2O3. The lowest BCUT2D eigenvalue weighted by molar-refractivity contribution is -0.000875. The number of carbonyl (C=O) groups is 1. The number of nitrogens with one attached hydrogen (secondary N) is 1. The largest absolute Gasteiger partial charge is 0.478 e. The molecule has 1 aromatic rings. The van der Waals surface area contributed by atoms with Crippen LogP contribution >= 0.6 is 15.9 Å². The molecule has 0 saturated heterocycles. The SMILES string of the molecule is CC1CCCC(O)(CNc2ncc(Br)cc2C(=O)O)C1. The first-order valence-corrected chi connectivity index (χ1v) is 7.54. The van der Waals surface area contributed by atoms with E-state index in [2.05, 4.69) is 33.2 Å². The molecule has 3 N–H and O–H groups in total. The molecular weight excluding hydrogens is 324 g/mol. The molecule has 1 aliphatic rings. The molecule has 0 spiro atoms. The van der Waals surface area contributed by atoms with Crippen LogP contribution in [0.5, 0.6) is 0 Å². The summed E-state index contributed by atoms with van der Waals surface area (Å²) in [5.41, 5.74) is -0.672. The smallest absolute Gasteiger partial charge is 0.339 e. The van der Waals surface area contributed by atoms with Crippen molar-refractivity contribution in [1.82, 2.24) is 4.98 Å². The molecule has 0 bridgehead atoms. The summed E-state index contributed by atoms with van der Waals surface area (Å²) in [6, 6.07) is 1.51. The second kappa shape index (κ2) is 6.10. The summed E-state index contributed by atoms with van der Waals surface area (Å²) in [4.78, 5) is 15.3. The van der Waals surface area contributed by atoms with Crippen LogP contribution in [0, 0.1) is 5.92 Å². The summed E-state index contributed by atoms with van der Waals surface area (Å²) < 4.78 is 0.616. The van der Waals surface area contributed by atoms with Crippen molar-refractivity contribution in [2.24, 2.45) is 5.92 Å². The molecule has 1 aliphatic carbocycles. The zero-order valence-corrected chi connectivity index (χ0v) is 13.0. The number of aromatic nitrogens is 1. The zero-order chi connectivity index (χ0) is 14.8. The summed E-state index contributed by atoms with van der Waals surface area (Å²) in [5, 5.41) is 22.7. The van der Waals surface area contributed by atoms with E-state index in [1.165, 1.54) is 6.07 Å². The van der Waals surface area contributed by atoms with Crippen LogP contribution in [0.1, 0.15) is 43.0 Å². The molecule has 2 unspecified atom stereocenters. The zero-order valence-electron chi connectivity index (χ0n) is 11.4. The van der Waals surface area contributed by atoms with Gasteiger partial charge in [0.05, 0.1) is 5.60 Å². The first-order valence-electron chi connectivity index (χ1n) is 6.75. The van der Waals surface area contributed by atoms with E-state index in [4.69, 9.17) is 5.11 Å². The average molecular weight is 343 g/mol. The maximum atomic E-state index is 11.2. The van der Waals surface area contributed by atoms with Gasteiger partial charge in [-0.25, -0.2) is 9.78 Å². The van der Waals surface area contributed by atoms with Crippen molar-refractivity contribution in [3.63, 3.8) is 0 Å². The molecule has 0 aromatic carbocycles. The average Bonchev–Trinajstić information content (AvgIpc) is 2.37. The highest BCUT2D eigenvalue weighted by Crippen LogP contribution is 2.32. The topological polar surface area (TPSA) is 82.5 Å². The van der Waals surface area contributed by atoms with Crippen LogP contribution in [-0.2, 0) is 0 Å². The fourth-order valence-corrected chi connectivity index (χ4v) is 3.12. The lowest BCUT2D eigenvalue weighted by atomic mass is 9.79. The van der Waals surface area contributed by atoms with E-state index in [1.54, 1.807) is 6.20 Å². The van der Waals surface area contributed by atoms with Gasteiger partial charge in [0.2, 0.25) is 0 Å². The van der Waals surface area contributed by atoms with Crippen molar-refractivity contribution in [1.29, 1.82) is 0 Å².